The minimum Gasteiger partial charge on any atom is -0.420 e. The summed E-state index contributed by atoms with van der Waals surface area (Å²) in [6.45, 7) is 0.680. The molecule has 0 saturated carbocycles. The molecule has 3 aromatic rings. The number of carbonyl (C=O) groups excluding carboxylic acids is 1. The molecule has 1 unspecified atom stereocenters. The van der Waals surface area contributed by atoms with Crippen molar-refractivity contribution in [2.45, 2.75) is 31.7 Å². The lowest BCUT2D eigenvalue weighted by molar-refractivity contribution is -0.130. The average molecular weight is 453 g/mol. The molecule has 0 radical (unpaired) electrons. The van der Waals surface area contributed by atoms with Gasteiger partial charge in [-0.1, -0.05) is 0 Å². The van der Waals surface area contributed by atoms with E-state index in [1.54, 1.807) is 28.6 Å². The Balaban J connectivity index is 1.19. The summed E-state index contributed by atoms with van der Waals surface area (Å²) < 4.78 is 5.64. The molecule has 12 nitrogen and oxygen atoms in total. The quantitative estimate of drug-likeness (QED) is 0.469. The number of thiazole rings is 1. The van der Waals surface area contributed by atoms with Gasteiger partial charge in [0.05, 0.1) is 23.3 Å². The molecule has 1 aliphatic carbocycles. The predicted octanol–water partition coefficient (Wildman–Crippen LogP) is 1.54. The van der Waals surface area contributed by atoms with Crippen LogP contribution in [0.4, 0.5) is 5.95 Å². The molecule has 5 rings (SSSR count). The zero-order chi connectivity index (χ0) is 22.1. The molecular formula is C19H20N10O2S. The maximum atomic E-state index is 12.5. The molecule has 164 valence electrons. The van der Waals surface area contributed by atoms with Crippen molar-refractivity contribution in [1.82, 2.24) is 30.0 Å². The summed E-state index contributed by atoms with van der Waals surface area (Å²) >= 11 is 1.68. The largest absolute Gasteiger partial charge is 0.420 e. The predicted molar refractivity (Wildman–Crippen MR) is 114 cm³/mol. The van der Waals surface area contributed by atoms with Crippen molar-refractivity contribution in [3.8, 4) is 11.5 Å². The molecule has 0 spiro atoms. The number of hydrogen-bond acceptors (Lipinski definition) is 12. The molecule has 0 fully saturated rings. The first-order valence-electron chi connectivity index (χ1n) is 10.0. The lowest BCUT2D eigenvalue weighted by atomic mass is 10.1. The summed E-state index contributed by atoms with van der Waals surface area (Å²) in [7, 11) is 0. The van der Waals surface area contributed by atoms with Gasteiger partial charge in [0.2, 0.25) is 17.7 Å². The summed E-state index contributed by atoms with van der Waals surface area (Å²) in [6, 6.07) is 0.236. The molecule has 0 saturated heterocycles. The Labute approximate surface area is 186 Å². The van der Waals surface area contributed by atoms with Gasteiger partial charge in [0, 0.05) is 54.8 Å². The van der Waals surface area contributed by atoms with Crippen LogP contribution in [0.15, 0.2) is 38.8 Å². The van der Waals surface area contributed by atoms with Gasteiger partial charge >= 0.3 is 0 Å². The van der Waals surface area contributed by atoms with Crippen molar-refractivity contribution >= 4 is 23.2 Å². The van der Waals surface area contributed by atoms with E-state index < -0.39 is 0 Å². The number of nitrogens with zero attached hydrogens (tertiary/aromatic N) is 7. The van der Waals surface area contributed by atoms with Crippen LogP contribution in [0.2, 0.25) is 0 Å². The van der Waals surface area contributed by atoms with Gasteiger partial charge in [0.25, 0.3) is 5.89 Å². The van der Waals surface area contributed by atoms with Gasteiger partial charge < -0.3 is 20.4 Å². The first-order chi connectivity index (χ1) is 15.6. The summed E-state index contributed by atoms with van der Waals surface area (Å²) in [5.41, 5.74) is 17.5. The number of aromatic nitrogens is 5. The Kier molecular flexibility index (Phi) is 5.31. The maximum Gasteiger partial charge on any atom is 0.250 e. The first kappa shape index (κ1) is 20.2. The fourth-order valence-electron chi connectivity index (χ4n) is 3.72. The number of anilines is 1. The van der Waals surface area contributed by atoms with Crippen molar-refractivity contribution in [3.05, 3.63) is 45.8 Å². The van der Waals surface area contributed by atoms with Crippen molar-refractivity contribution in [2.24, 2.45) is 10.8 Å². The molecular weight excluding hydrogens is 432 g/mol. The topological polar surface area (TPSA) is 172 Å². The molecule has 32 heavy (non-hydrogen) atoms. The highest BCUT2D eigenvalue weighted by Crippen LogP contribution is 2.26. The van der Waals surface area contributed by atoms with Crippen LogP contribution in [0.5, 0.6) is 0 Å². The van der Waals surface area contributed by atoms with Gasteiger partial charge in [-0.15, -0.1) is 21.5 Å². The van der Waals surface area contributed by atoms with Crippen molar-refractivity contribution in [1.29, 1.82) is 5.53 Å². The van der Waals surface area contributed by atoms with Crippen molar-refractivity contribution in [3.63, 3.8) is 0 Å². The summed E-state index contributed by atoms with van der Waals surface area (Å²) in [5.74, 6) is 0.779. The standard InChI is InChI=1S/C19H20N10O2S/c20-12-1-2-29(8-14(12)26-21)17(30)5-16-27-28-18(31-16)10-6-22-19(23-7-10)25-11-3-13-15(4-11)32-9-24-13/h6-7,9,11,21H,1-5,8,20H2,(H,22,23,25). The number of nitrogens with two attached hydrogens (primary N) is 1. The van der Waals surface area contributed by atoms with E-state index in [2.05, 4.69) is 35.6 Å². The second-order valence-electron chi connectivity index (χ2n) is 7.59. The normalized spacial score (nSPS) is 18.0. The Morgan fingerprint density at radius 2 is 2.16 bits per heavy atom. The number of nitrogens with one attached hydrogen (secondary N) is 2. The number of amides is 1. The Morgan fingerprint density at radius 3 is 2.94 bits per heavy atom. The Bertz CT molecular complexity index is 1160. The monoisotopic (exact) mass is 452 g/mol. The first-order valence-corrected chi connectivity index (χ1v) is 10.9. The molecule has 1 amide bonds. The lowest BCUT2D eigenvalue weighted by Gasteiger charge is -2.26. The minimum atomic E-state index is -0.191. The third kappa shape index (κ3) is 4.06. The second-order valence-corrected chi connectivity index (χ2v) is 8.53. The smallest absolute Gasteiger partial charge is 0.250 e. The number of fused-ring (bicyclic) bond motifs is 1. The van der Waals surface area contributed by atoms with Crippen LogP contribution in [0.25, 0.3) is 11.5 Å². The molecule has 3 aromatic heterocycles. The van der Waals surface area contributed by atoms with Crippen LogP contribution in [0.1, 0.15) is 22.9 Å². The summed E-state index contributed by atoms with van der Waals surface area (Å²) in [6.07, 6.45) is 5.44. The van der Waals surface area contributed by atoms with E-state index >= 15 is 0 Å². The van der Waals surface area contributed by atoms with Gasteiger partial charge in [-0.2, -0.15) is 5.11 Å². The van der Waals surface area contributed by atoms with Gasteiger partial charge in [0.15, 0.2) is 0 Å². The summed E-state index contributed by atoms with van der Waals surface area (Å²) in [4.78, 5) is 28.5. The highest BCUT2D eigenvalue weighted by Gasteiger charge is 2.25. The van der Waals surface area contributed by atoms with Crippen molar-refractivity contribution < 1.29 is 9.21 Å². The fourth-order valence-corrected chi connectivity index (χ4v) is 4.59. The van der Waals surface area contributed by atoms with Crippen LogP contribution in [0, 0.1) is 5.53 Å². The third-order valence-corrected chi connectivity index (χ3v) is 6.35. The van der Waals surface area contributed by atoms with E-state index in [1.807, 2.05) is 5.51 Å². The zero-order valence-corrected chi connectivity index (χ0v) is 17.8. The maximum absolute atomic E-state index is 12.5. The minimum absolute atomic E-state index is 0.0431. The summed E-state index contributed by atoms with van der Waals surface area (Å²) in [5, 5.41) is 14.7. The average Bonchev–Trinajstić information content (AvgIpc) is 3.51. The van der Waals surface area contributed by atoms with Crippen LogP contribution in [0.3, 0.4) is 0 Å². The van der Waals surface area contributed by atoms with E-state index in [4.69, 9.17) is 15.7 Å². The molecule has 13 heteroatoms. The Hall–Kier alpha value is -3.74. The van der Waals surface area contributed by atoms with Gasteiger partial charge in [-0.05, 0) is 0 Å². The molecule has 0 aromatic carbocycles. The molecule has 1 aliphatic heterocycles. The number of carbonyl (C=O) groups is 1. The molecule has 1 atom stereocenters. The van der Waals surface area contributed by atoms with Crippen LogP contribution in [-0.2, 0) is 24.1 Å². The molecule has 4 heterocycles. The molecule has 4 N–H and O–H groups in total. The van der Waals surface area contributed by atoms with E-state index in [0.717, 1.165) is 18.5 Å². The Morgan fingerprint density at radius 1 is 1.31 bits per heavy atom. The van der Waals surface area contributed by atoms with Crippen LogP contribution < -0.4 is 11.1 Å². The highest BCUT2D eigenvalue weighted by molar-refractivity contribution is 7.09. The fraction of sp³-hybridized carbons (Fsp3) is 0.368. The van der Waals surface area contributed by atoms with Crippen LogP contribution >= 0.6 is 11.3 Å². The van der Waals surface area contributed by atoms with E-state index in [0.29, 0.717) is 35.9 Å². The SMILES string of the molecule is N=NC1=C(N)CCN(C(=O)Cc2nnc(-c3cnc(NC4Cc5ncsc5C4)nc3)o2)C1. The molecule has 0 bridgehead atoms. The van der Waals surface area contributed by atoms with Gasteiger partial charge in [-0.25, -0.2) is 20.5 Å². The third-order valence-electron chi connectivity index (χ3n) is 5.45. The van der Waals surface area contributed by atoms with E-state index in [1.165, 1.54) is 4.88 Å². The van der Waals surface area contributed by atoms with Gasteiger partial charge in [-0.3, -0.25) is 4.79 Å². The number of hydrogen-bond donors (Lipinski definition) is 3. The highest BCUT2D eigenvalue weighted by atomic mass is 32.1. The molecule has 2 aliphatic rings. The van der Waals surface area contributed by atoms with E-state index in [9.17, 15) is 4.79 Å². The number of rotatable bonds is 6. The second kappa shape index (κ2) is 8.42. The lowest BCUT2D eigenvalue weighted by Crippen LogP contribution is -2.38. The van der Waals surface area contributed by atoms with Crippen LogP contribution in [-0.4, -0.2) is 55.1 Å². The van der Waals surface area contributed by atoms with Gasteiger partial charge in [0.1, 0.15) is 12.1 Å². The van der Waals surface area contributed by atoms with E-state index in [-0.39, 0.29) is 36.7 Å². The zero-order valence-electron chi connectivity index (χ0n) is 17.0. The van der Waals surface area contributed by atoms with Crippen molar-refractivity contribution in [2.75, 3.05) is 18.4 Å².